The fourth-order valence-electron chi connectivity index (χ4n) is 0.764. The van der Waals surface area contributed by atoms with E-state index in [2.05, 4.69) is 20.0 Å². The van der Waals surface area contributed by atoms with Crippen LogP contribution in [-0.2, 0) is 35.8 Å². The average Bonchev–Trinajstić information content (AvgIpc) is 2.89. The molecule has 0 spiro atoms. The number of hydrogen-bond donors (Lipinski definition) is 0. The van der Waals surface area contributed by atoms with Gasteiger partial charge in [-0.15, -0.1) is 0 Å². The number of Topliss-reactive ketones (excluding diaryl/α,β-unsaturated/α-hetero) is 1. The maximum absolute atomic E-state index is 10.9. The van der Waals surface area contributed by atoms with Gasteiger partial charge in [-0.05, 0) is 25.7 Å². The number of rotatable bonds is 2. The number of hydrogen-bond acceptors (Lipinski definition) is 1. The first kappa shape index (κ1) is 24.6. The summed E-state index contributed by atoms with van der Waals surface area (Å²) < 4.78 is 22.5. The van der Waals surface area contributed by atoms with Crippen LogP contribution in [0.15, 0.2) is 0 Å². The Morgan fingerprint density at radius 2 is 1.38 bits per heavy atom. The summed E-state index contributed by atoms with van der Waals surface area (Å²) in [6.45, 7) is 15.4. The van der Waals surface area contributed by atoms with Crippen molar-refractivity contribution in [1.82, 2.24) is 0 Å². The van der Waals surface area contributed by atoms with E-state index in [1.54, 1.807) is 0 Å². The molecule has 4 nitrogen and oxygen atoms in total. The van der Waals surface area contributed by atoms with E-state index in [9.17, 15) is 4.79 Å². The van der Waals surface area contributed by atoms with E-state index in [-0.39, 0.29) is 22.9 Å². The Morgan fingerprint density at radius 3 is 1.62 bits per heavy atom. The molecule has 1 fully saturated rings. The Hall–Kier alpha value is -0.591. The van der Waals surface area contributed by atoms with Crippen molar-refractivity contribution in [1.29, 1.82) is 0 Å². The Kier molecular flexibility index (Phi) is 36.7. The minimum absolute atomic E-state index is 0. The van der Waals surface area contributed by atoms with Gasteiger partial charge in [0, 0.05) is 29.4 Å². The SMILES string of the molecule is CCC(=O)[C]1[CH][CH][CH][CH]1.[C-]#[O+].[C-]#[O+].[C-]#[O+].[Mn]. The molecule has 5 heteroatoms. The first-order valence-electron chi connectivity index (χ1n) is 3.70. The van der Waals surface area contributed by atoms with Crippen molar-refractivity contribution in [2.24, 2.45) is 0 Å². The molecule has 0 bridgehead atoms. The van der Waals surface area contributed by atoms with Crippen molar-refractivity contribution in [2.75, 3.05) is 0 Å². The van der Waals surface area contributed by atoms with E-state index in [1.165, 1.54) is 0 Å². The predicted molar refractivity (Wildman–Crippen MR) is 47.5 cm³/mol. The van der Waals surface area contributed by atoms with Gasteiger partial charge in [0.1, 0.15) is 5.78 Å². The summed E-state index contributed by atoms with van der Waals surface area (Å²) in [6.07, 6.45) is 8.04. The van der Waals surface area contributed by atoms with Gasteiger partial charge in [-0.1, -0.05) is 6.92 Å². The minimum Gasteiger partial charge on any atom is 0 e. The van der Waals surface area contributed by atoms with Crippen molar-refractivity contribution in [3.8, 4) is 0 Å². The second kappa shape index (κ2) is 23.9. The number of carbonyl (C=O) groups is 1. The molecule has 0 aromatic rings. The first-order valence-corrected chi connectivity index (χ1v) is 3.70. The zero-order valence-corrected chi connectivity index (χ0v) is 9.71. The van der Waals surface area contributed by atoms with Crippen LogP contribution >= 0.6 is 0 Å². The first-order chi connectivity index (χ1) is 7.34. The summed E-state index contributed by atoms with van der Waals surface area (Å²) in [5, 5.41) is 0. The Labute approximate surface area is 107 Å². The van der Waals surface area contributed by atoms with Crippen molar-refractivity contribution in [2.45, 2.75) is 13.3 Å². The van der Waals surface area contributed by atoms with Crippen LogP contribution in [0.1, 0.15) is 13.3 Å². The molecular formula is C11H9MnO4. The molecule has 0 aromatic heterocycles. The molecule has 0 aliphatic heterocycles. The average molecular weight is 260 g/mol. The third-order valence-electron chi connectivity index (χ3n) is 1.31. The number of carbonyl (C=O) groups excluding carboxylic acids is 1. The molecule has 1 aliphatic rings. The van der Waals surface area contributed by atoms with Gasteiger partial charge in [0.25, 0.3) is 0 Å². The Morgan fingerprint density at radius 1 is 1.06 bits per heavy atom. The van der Waals surface area contributed by atoms with Crippen molar-refractivity contribution < 1.29 is 35.8 Å². The molecule has 1 rings (SSSR count). The van der Waals surface area contributed by atoms with Gasteiger partial charge in [-0.2, -0.15) is 0 Å². The van der Waals surface area contributed by atoms with Gasteiger partial charge in [0.2, 0.25) is 0 Å². The van der Waals surface area contributed by atoms with Crippen LogP contribution in [-0.4, -0.2) is 5.78 Å². The van der Waals surface area contributed by atoms with Crippen molar-refractivity contribution in [3.05, 3.63) is 51.6 Å². The predicted octanol–water partition coefficient (Wildman–Crippen LogP) is 1.26. The van der Waals surface area contributed by atoms with Crippen LogP contribution in [0.25, 0.3) is 0 Å². The molecule has 16 heavy (non-hydrogen) atoms. The van der Waals surface area contributed by atoms with Gasteiger partial charge >= 0.3 is 33.9 Å². The van der Waals surface area contributed by atoms with Gasteiger partial charge in [-0.3, -0.25) is 4.79 Å². The summed E-state index contributed by atoms with van der Waals surface area (Å²) in [5.74, 6) is 1.05. The minimum atomic E-state index is 0. The molecule has 0 heterocycles. The fourth-order valence-corrected chi connectivity index (χ4v) is 0.764. The summed E-state index contributed by atoms with van der Waals surface area (Å²) in [7, 11) is 0. The quantitative estimate of drug-likeness (QED) is 0.418. The second-order valence-corrected chi connectivity index (χ2v) is 1.95. The molecule has 0 atom stereocenters. The van der Waals surface area contributed by atoms with Crippen LogP contribution in [0.5, 0.6) is 0 Å². The van der Waals surface area contributed by atoms with E-state index in [0.717, 1.165) is 5.92 Å². The standard InChI is InChI=1S/C8H9O.3CO.Mn/c1-2-8(9)7-5-3-4-6-7;3*1-2;/h3-6H,2H2,1H3;;;;. The van der Waals surface area contributed by atoms with Crippen LogP contribution < -0.4 is 0 Å². The van der Waals surface area contributed by atoms with E-state index in [4.69, 9.17) is 14.0 Å². The molecule has 0 aromatic carbocycles. The summed E-state index contributed by atoms with van der Waals surface area (Å²) in [6, 6.07) is 0. The smallest absolute Gasteiger partial charge is 0 e. The van der Waals surface area contributed by atoms with Crippen LogP contribution in [0.2, 0.25) is 0 Å². The van der Waals surface area contributed by atoms with Crippen molar-refractivity contribution >= 4 is 5.78 Å². The molecule has 0 N–H and O–H groups in total. The van der Waals surface area contributed by atoms with Gasteiger partial charge < -0.3 is 0 Å². The van der Waals surface area contributed by atoms with Crippen LogP contribution in [0.3, 0.4) is 0 Å². The zero-order valence-electron chi connectivity index (χ0n) is 8.53. The summed E-state index contributed by atoms with van der Waals surface area (Å²) in [4.78, 5) is 10.9. The Balaban J connectivity index is -0.0000000900. The molecule has 0 saturated heterocycles. The normalized spacial score (nSPS) is 11.9. The molecule has 1 saturated carbocycles. The molecule has 0 amide bonds. The summed E-state index contributed by atoms with van der Waals surface area (Å²) in [5.41, 5.74) is 0. The molecule has 6 radical (unpaired) electrons. The van der Waals surface area contributed by atoms with E-state index in [1.807, 2.05) is 32.6 Å². The fraction of sp³-hybridized carbons (Fsp3) is 0.182. The van der Waals surface area contributed by atoms with E-state index in [0.29, 0.717) is 6.42 Å². The number of ketones is 1. The molecule has 84 valence electrons. The maximum Gasteiger partial charge on any atom is 0 e. The maximum atomic E-state index is 10.9. The monoisotopic (exact) mass is 260 g/mol. The van der Waals surface area contributed by atoms with E-state index >= 15 is 0 Å². The van der Waals surface area contributed by atoms with Crippen LogP contribution in [0, 0.1) is 51.6 Å². The third-order valence-corrected chi connectivity index (χ3v) is 1.31. The van der Waals surface area contributed by atoms with Gasteiger partial charge in [-0.25, -0.2) is 0 Å². The second-order valence-electron chi connectivity index (χ2n) is 1.95. The largest absolute Gasteiger partial charge is 0 e. The Bertz CT molecular complexity index is 188. The molecule has 1 aliphatic carbocycles. The molecule has 0 unspecified atom stereocenters. The van der Waals surface area contributed by atoms with Crippen LogP contribution in [0.4, 0.5) is 0 Å². The van der Waals surface area contributed by atoms with Crippen molar-refractivity contribution in [3.63, 3.8) is 0 Å². The van der Waals surface area contributed by atoms with E-state index < -0.39 is 0 Å². The third kappa shape index (κ3) is 13.4. The zero-order chi connectivity index (χ0) is 12.7. The summed E-state index contributed by atoms with van der Waals surface area (Å²) >= 11 is 0. The van der Waals surface area contributed by atoms with Gasteiger partial charge in [0.15, 0.2) is 0 Å². The molecular weight excluding hydrogens is 251 g/mol. The van der Waals surface area contributed by atoms with Gasteiger partial charge in [0.05, 0.1) is 0 Å². The topological polar surface area (TPSA) is 76.8 Å².